The van der Waals surface area contributed by atoms with E-state index >= 15 is 0 Å². The van der Waals surface area contributed by atoms with E-state index in [1.165, 1.54) is 10.9 Å². The molecule has 1 aliphatic rings. The first-order valence-corrected chi connectivity index (χ1v) is 13.1. The Morgan fingerprint density at radius 2 is 2.03 bits per heavy atom. The van der Waals surface area contributed by atoms with Gasteiger partial charge in [0.15, 0.2) is 11.5 Å². The molecule has 4 aromatic heterocycles. The van der Waals surface area contributed by atoms with Gasteiger partial charge in [-0.15, -0.1) is 6.58 Å². The number of aliphatic hydroxyl groups is 1. The Labute approximate surface area is 225 Å². The lowest BCUT2D eigenvalue weighted by atomic mass is 10.1. The smallest absolute Gasteiger partial charge is 0.278 e. The van der Waals surface area contributed by atoms with Crippen LogP contribution in [0.25, 0.3) is 27.8 Å². The van der Waals surface area contributed by atoms with Gasteiger partial charge in [-0.1, -0.05) is 12.1 Å². The molecule has 1 fully saturated rings. The minimum atomic E-state index is -1.15. The van der Waals surface area contributed by atoms with E-state index in [9.17, 15) is 9.90 Å². The molecule has 0 unspecified atom stereocenters. The predicted molar refractivity (Wildman–Crippen MR) is 152 cm³/mol. The summed E-state index contributed by atoms with van der Waals surface area (Å²) in [5, 5.41) is 15.2. The fourth-order valence-electron chi connectivity index (χ4n) is 4.85. The molecular formula is C29H32N8O2. The van der Waals surface area contributed by atoms with Gasteiger partial charge in [-0.25, -0.2) is 19.3 Å². The number of benzene rings is 1. The van der Waals surface area contributed by atoms with Gasteiger partial charge in [-0.3, -0.25) is 4.79 Å². The van der Waals surface area contributed by atoms with Crippen LogP contribution in [0.15, 0.2) is 72.3 Å². The van der Waals surface area contributed by atoms with Crippen molar-refractivity contribution in [1.29, 1.82) is 0 Å². The quantitative estimate of drug-likeness (QED) is 0.249. The molecule has 200 valence electrons. The average molecular weight is 525 g/mol. The molecule has 4 N–H and O–H groups in total. The summed E-state index contributed by atoms with van der Waals surface area (Å²) < 4.78 is 5.40. The Morgan fingerprint density at radius 3 is 2.77 bits per heavy atom. The summed E-state index contributed by atoms with van der Waals surface area (Å²) in [4.78, 5) is 27.0. The number of pyridine rings is 1. The Balaban J connectivity index is 1.36. The SMILES string of the molecule is C=CCn1c(=O)c2cnc(Nc3ccc4c(ccn4CCC4(N)CC4)c3)nc2n1-c1cccc(C(C)(C)O)n1. The second kappa shape index (κ2) is 9.18. The lowest BCUT2D eigenvalue weighted by molar-refractivity contribution is 0.0738. The molecule has 10 heteroatoms. The molecule has 6 rings (SSSR count). The lowest BCUT2D eigenvalue weighted by Crippen LogP contribution is -2.23. The Hall–Kier alpha value is -4.28. The summed E-state index contributed by atoms with van der Waals surface area (Å²) in [5.41, 5.74) is 7.76. The molecule has 0 bridgehead atoms. The number of nitrogens with one attached hydrogen (secondary N) is 1. The van der Waals surface area contributed by atoms with Gasteiger partial charge in [-0.2, -0.15) is 4.98 Å². The van der Waals surface area contributed by atoms with Crippen molar-refractivity contribution in [2.75, 3.05) is 5.32 Å². The van der Waals surface area contributed by atoms with E-state index in [0.29, 0.717) is 28.5 Å². The maximum absolute atomic E-state index is 13.2. The topological polar surface area (TPSA) is 129 Å². The summed E-state index contributed by atoms with van der Waals surface area (Å²) >= 11 is 0. The molecule has 0 saturated heterocycles. The highest BCUT2D eigenvalue weighted by molar-refractivity contribution is 5.85. The highest BCUT2D eigenvalue weighted by Gasteiger charge is 2.37. The summed E-state index contributed by atoms with van der Waals surface area (Å²) in [6.07, 6.45) is 8.46. The van der Waals surface area contributed by atoms with Gasteiger partial charge in [0.25, 0.3) is 5.56 Å². The molecule has 1 aliphatic carbocycles. The zero-order valence-corrected chi connectivity index (χ0v) is 22.1. The molecule has 39 heavy (non-hydrogen) atoms. The number of rotatable bonds is 9. The second-order valence-corrected chi connectivity index (χ2v) is 10.9. The first kappa shape index (κ1) is 25.0. The van der Waals surface area contributed by atoms with Crippen LogP contribution in [0.4, 0.5) is 11.6 Å². The van der Waals surface area contributed by atoms with Crippen LogP contribution < -0.4 is 16.6 Å². The van der Waals surface area contributed by atoms with E-state index in [-0.39, 0.29) is 17.6 Å². The largest absolute Gasteiger partial charge is 0.384 e. The average Bonchev–Trinajstić information content (AvgIpc) is 3.41. The molecule has 0 amide bonds. The number of nitrogens with zero attached hydrogens (tertiary/aromatic N) is 6. The fraction of sp³-hybridized carbons (Fsp3) is 0.310. The molecule has 0 radical (unpaired) electrons. The van der Waals surface area contributed by atoms with Gasteiger partial charge in [0.2, 0.25) is 5.95 Å². The van der Waals surface area contributed by atoms with Crippen LogP contribution in [0, 0.1) is 0 Å². The minimum Gasteiger partial charge on any atom is -0.384 e. The maximum Gasteiger partial charge on any atom is 0.278 e. The van der Waals surface area contributed by atoms with Gasteiger partial charge < -0.3 is 20.7 Å². The third-order valence-electron chi connectivity index (χ3n) is 7.33. The standard InChI is InChI=1S/C29H32N8O2/c1-4-14-36-26(38)21-18-31-27(34-25(21)37(36)24-7-5-6-23(33-24)28(2,3)39)32-20-8-9-22-19(17-20)10-15-35(22)16-13-29(30)11-12-29/h4-10,15,17-18,39H,1,11-14,16,30H2,2-3H3,(H,31,32,34). The van der Waals surface area contributed by atoms with Crippen molar-refractivity contribution in [2.45, 2.75) is 57.3 Å². The van der Waals surface area contributed by atoms with Crippen molar-refractivity contribution in [3.05, 3.63) is 83.6 Å². The van der Waals surface area contributed by atoms with Crippen molar-refractivity contribution >= 4 is 33.6 Å². The van der Waals surface area contributed by atoms with E-state index in [0.717, 1.165) is 42.4 Å². The third kappa shape index (κ3) is 4.73. The van der Waals surface area contributed by atoms with Crippen molar-refractivity contribution < 1.29 is 5.11 Å². The second-order valence-electron chi connectivity index (χ2n) is 10.9. The van der Waals surface area contributed by atoms with Gasteiger partial charge in [0.05, 0.1) is 12.2 Å². The molecule has 1 aromatic carbocycles. The molecule has 0 atom stereocenters. The van der Waals surface area contributed by atoms with Crippen molar-refractivity contribution in [1.82, 2.24) is 28.9 Å². The van der Waals surface area contributed by atoms with Crippen molar-refractivity contribution in [3.63, 3.8) is 0 Å². The third-order valence-corrected chi connectivity index (χ3v) is 7.33. The molecule has 0 aliphatic heterocycles. The number of aryl methyl sites for hydroxylation is 1. The molecule has 10 nitrogen and oxygen atoms in total. The van der Waals surface area contributed by atoms with E-state index < -0.39 is 5.60 Å². The zero-order chi connectivity index (χ0) is 27.4. The van der Waals surface area contributed by atoms with Crippen molar-refractivity contribution in [2.24, 2.45) is 5.73 Å². The Kier molecular flexibility index (Phi) is 5.89. The number of anilines is 2. The van der Waals surface area contributed by atoms with E-state index in [1.54, 1.807) is 42.8 Å². The van der Waals surface area contributed by atoms with Crippen LogP contribution in [-0.4, -0.2) is 39.5 Å². The highest BCUT2D eigenvalue weighted by atomic mass is 16.3. The van der Waals surface area contributed by atoms with Crippen LogP contribution in [-0.2, 0) is 18.7 Å². The Morgan fingerprint density at radius 1 is 1.21 bits per heavy atom. The van der Waals surface area contributed by atoms with E-state index in [2.05, 4.69) is 50.8 Å². The van der Waals surface area contributed by atoms with Crippen molar-refractivity contribution in [3.8, 4) is 5.82 Å². The lowest BCUT2D eigenvalue weighted by Gasteiger charge is -2.18. The first-order valence-electron chi connectivity index (χ1n) is 13.1. The normalized spacial score (nSPS) is 14.7. The Bertz CT molecular complexity index is 1770. The van der Waals surface area contributed by atoms with Gasteiger partial charge in [-0.05, 0) is 69.5 Å². The van der Waals surface area contributed by atoms with E-state index in [1.807, 2.05) is 6.07 Å². The number of allylic oxidation sites excluding steroid dienone is 1. The highest BCUT2D eigenvalue weighted by Crippen LogP contribution is 2.36. The molecule has 4 heterocycles. The van der Waals surface area contributed by atoms with Gasteiger partial charge >= 0.3 is 0 Å². The van der Waals surface area contributed by atoms with E-state index in [4.69, 9.17) is 10.7 Å². The van der Waals surface area contributed by atoms with Crippen LogP contribution >= 0.6 is 0 Å². The molecule has 0 spiro atoms. The number of fused-ring (bicyclic) bond motifs is 2. The molecule has 1 saturated carbocycles. The number of hydrogen-bond donors (Lipinski definition) is 3. The monoisotopic (exact) mass is 524 g/mol. The summed E-state index contributed by atoms with van der Waals surface area (Å²) in [5.74, 6) is 0.810. The fourth-order valence-corrected chi connectivity index (χ4v) is 4.85. The number of nitrogens with two attached hydrogens (primary N) is 1. The van der Waals surface area contributed by atoms with Crippen LogP contribution in [0.3, 0.4) is 0 Å². The van der Waals surface area contributed by atoms with Gasteiger partial charge in [0.1, 0.15) is 11.0 Å². The first-order chi connectivity index (χ1) is 18.6. The van der Waals surface area contributed by atoms with Crippen LogP contribution in [0.1, 0.15) is 38.8 Å². The molecule has 5 aromatic rings. The van der Waals surface area contributed by atoms with Gasteiger partial charge in [0, 0.05) is 41.1 Å². The molecular weight excluding hydrogens is 492 g/mol. The summed E-state index contributed by atoms with van der Waals surface area (Å²) in [6, 6.07) is 13.5. The minimum absolute atomic E-state index is 0.0185. The van der Waals surface area contributed by atoms with Crippen LogP contribution in [0.5, 0.6) is 0 Å². The maximum atomic E-state index is 13.2. The zero-order valence-electron chi connectivity index (χ0n) is 22.1. The summed E-state index contributed by atoms with van der Waals surface area (Å²) in [7, 11) is 0. The predicted octanol–water partition coefficient (Wildman–Crippen LogP) is 3.97. The van der Waals surface area contributed by atoms with Crippen LogP contribution in [0.2, 0.25) is 0 Å². The number of aromatic nitrogens is 6. The number of hydrogen-bond acceptors (Lipinski definition) is 7. The summed E-state index contributed by atoms with van der Waals surface area (Å²) in [6.45, 7) is 8.28.